The number of rotatable bonds is 4. The normalized spacial score (nSPS) is 11.3. The SMILES string of the molecule is CCSc1ccc(-c2cccc(NC(=O)C(C)(C)C)c2)nn1. The van der Waals surface area contributed by atoms with Crippen molar-refractivity contribution < 1.29 is 4.79 Å². The van der Waals surface area contributed by atoms with Crippen LogP contribution in [0.15, 0.2) is 41.4 Å². The molecule has 0 spiro atoms. The van der Waals surface area contributed by atoms with Crippen LogP contribution in [0, 0.1) is 5.41 Å². The molecule has 2 rings (SSSR count). The minimum atomic E-state index is -0.422. The molecule has 0 saturated carbocycles. The number of nitrogens with one attached hydrogen (secondary N) is 1. The van der Waals surface area contributed by atoms with Gasteiger partial charge in [-0.15, -0.1) is 22.0 Å². The van der Waals surface area contributed by atoms with E-state index in [-0.39, 0.29) is 5.91 Å². The lowest BCUT2D eigenvalue weighted by molar-refractivity contribution is -0.123. The highest BCUT2D eigenvalue weighted by atomic mass is 32.2. The molecular formula is C17H21N3OS. The maximum absolute atomic E-state index is 12.1. The summed E-state index contributed by atoms with van der Waals surface area (Å²) in [5.74, 6) is 0.966. The van der Waals surface area contributed by atoms with Gasteiger partial charge in [0.25, 0.3) is 0 Å². The van der Waals surface area contributed by atoms with E-state index in [4.69, 9.17) is 0 Å². The predicted molar refractivity (Wildman–Crippen MR) is 92.0 cm³/mol. The Morgan fingerprint density at radius 2 is 1.95 bits per heavy atom. The van der Waals surface area contributed by atoms with Crippen molar-refractivity contribution in [2.75, 3.05) is 11.1 Å². The molecule has 0 fully saturated rings. The van der Waals surface area contributed by atoms with Crippen LogP contribution in [0.5, 0.6) is 0 Å². The van der Waals surface area contributed by atoms with E-state index in [0.29, 0.717) is 0 Å². The summed E-state index contributed by atoms with van der Waals surface area (Å²) < 4.78 is 0. The highest BCUT2D eigenvalue weighted by Crippen LogP contribution is 2.24. The monoisotopic (exact) mass is 315 g/mol. The molecule has 1 heterocycles. The third-order valence-electron chi connectivity index (χ3n) is 3.03. The Morgan fingerprint density at radius 3 is 2.55 bits per heavy atom. The third kappa shape index (κ3) is 4.31. The summed E-state index contributed by atoms with van der Waals surface area (Å²) in [6.07, 6.45) is 0. The molecule has 1 amide bonds. The lowest BCUT2D eigenvalue weighted by Crippen LogP contribution is -2.27. The van der Waals surface area contributed by atoms with Crippen molar-refractivity contribution in [3.05, 3.63) is 36.4 Å². The summed E-state index contributed by atoms with van der Waals surface area (Å²) >= 11 is 1.66. The number of carbonyl (C=O) groups excluding carboxylic acids is 1. The highest BCUT2D eigenvalue weighted by Gasteiger charge is 2.21. The van der Waals surface area contributed by atoms with E-state index >= 15 is 0 Å². The first-order valence-electron chi connectivity index (χ1n) is 7.28. The summed E-state index contributed by atoms with van der Waals surface area (Å²) in [6, 6.07) is 11.6. The molecule has 0 atom stereocenters. The van der Waals surface area contributed by atoms with Crippen molar-refractivity contribution in [3.8, 4) is 11.3 Å². The molecule has 4 nitrogen and oxygen atoms in total. The molecule has 2 aromatic rings. The number of amides is 1. The number of aromatic nitrogens is 2. The van der Waals surface area contributed by atoms with Gasteiger partial charge in [-0.2, -0.15) is 0 Å². The summed E-state index contributed by atoms with van der Waals surface area (Å²) in [5.41, 5.74) is 2.08. The molecule has 0 unspecified atom stereocenters. The van der Waals surface area contributed by atoms with Crippen molar-refractivity contribution in [1.82, 2.24) is 10.2 Å². The molecule has 22 heavy (non-hydrogen) atoms. The first-order chi connectivity index (χ1) is 10.4. The Balaban J connectivity index is 2.19. The van der Waals surface area contributed by atoms with E-state index in [9.17, 15) is 4.79 Å². The van der Waals surface area contributed by atoms with E-state index in [2.05, 4.69) is 22.4 Å². The van der Waals surface area contributed by atoms with Gasteiger partial charge < -0.3 is 5.32 Å². The van der Waals surface area contributed by atoms with Gasteiger partial charge in [0, 0.05) is 16.7 Å². The second-order valence-electron chi connectivity index (χ2n) is 5.97. The van der Waals surface area contributed by atoms with Crippen molar-refractivity contribution in [1.29, 1.82) is 0 Å². The van der Waals surface area contributed by atoms with Crippen LogP contribution < -0.4 is 5.32 Å². The summed E-state index contributed by atoms with van der Waals surface area (Å²) in [6.45, 7) is 7.76. The maximum Gasteiger partial charge on any atom is 0.229 e. The number of nitrogens with zero attached hydrogens (tertiary/aromatic N) is 2. The fourth-order valence-electron chi connectivity index (χ4n) is 1.77. The van der Waals surface area contributed by atoms with Crippen LogP contribution in [-0.4, -0.2) is 21.9 Å². The first kappa shape index (κ1) is 16.5. The smallest absolute Gasteiger partial charge is 0.229 e. The number of carbonyl (C=O) groups is 1. The van der Waals surface area contributed by atoms with E-state index in [1.807, 2.05) is 57.2 Å². The Morgan fingerprint density at radius 1 is 1.18 bits per heavy atom. The Kier molecular flexibility index (Phi) is 5.19. The van der Waals surface area contributed by atoms with Crippen molar-refractivity contribution in [3.63, 3.8) is 0 Å². The fraction of sp³-hybridized carbons (Fsp3) is 0.353. The molecule has 1 aromatic carbocycles. The molecule has 0 aliphatic heterocycles. The average molecular weight is 315 g/mol. The Hall–Kier alpha value is -1.88. The van der Waals surface area contributed by atoms with E-state index in [1.165, 1.54) is 0 Å². The molecule has 0 aliphatic carbocycles. The Bertz CT molecular complexity index is 648. The number of thioether (sulfide) groups is 1. The minimum Gasteiger partial charge on any atom is -0.326 e. The number of hydrogen-bond acceptors (Lipinski definition) is 4. The van der Waals surface area contributed by atoms with E-state index in [0.717, 1.165) is 27.7 Å². The molecule has 0 aliphatic rings. The number of hydrogen-bond donors (Lipinski definition) is 1. The fourth-order valence-corrected chi connectivity index (χ4v) is 2.33. The second kappa shape index (κ2) is 6.92. The summed E-state index contributed by atoms with van der Waals surface area (Å²) in [4.78, 5) is 12.1. The van der Waals surface area contributed by atoms with Crippen LogP contribution in [0.2, 0.25) is 0 Å². The molecule has 1 aromatic heterocycles. The second-order valence-corrected chi connectivity index (χ2v) is 7.26. The summed E-state index contributed by atoms with van der Waals surface area (Å²) in [5, 5.41) is 12.3. The maximum atomic E-state index is 12.1. The third-order valence-corrected chi connectivity index (χ3v) is 3.83. The number of benzene rings is 1. The van der Waals surface area contributed by atoms with Gasteiger partial charge in [0.15, 0.2) is 0 Å². The molecule has 1 N–H and O–H groups in total. The van der Waals surface area contributed by atoms with Gasteiger partial charge in [0.05, 0.1) is 5.69 Å². The Labute approximate surface area is 135 Å². The first-order valence-corrected chi connectivity index (χ1v) is 8.27. The quantitative estimate of drug-likeness (QED) is 0.857. The molecular weight excluding hydrogens is 294 g/mol. The van der Waals surface area contributed by atoms with Gasteiger partial charge in [-0.05, 0) is 30.0 Å². The molecule has 116 valence electrons. The van der Waals surface area contributed by atoms with Gasteiger partial charge in [-0.3, -0.25) is 4.79 Å². The van der Waals surface area contributed by atoms with Crippen LogP contribution in [0.4, 0.5) is 5.69 Å². The average Bonchev–Trinajstić information content (AvgIpc) is 2.48. The van der Waals surface area contributed by atoms with E-state index in [1.54, 1.807) is 11.8 Å². The largest absolute Gasteiger partial charge is 0.326 e. The predicted octanol–water partition coefficient (Wildman–Crippen LogP) is 4.24. The van der Waals surface area contributed by atoms with Crippen LogP contribution in [0.1, 0.15) is 27.7 Å². The van der Waals surface area contributed by atoms with Crippen LogP contribution in [0.25, 0.3) is 11.3 Å². The van der Waals surface area contributed by atoms with Crippen molar-refractivity contribution >= 4 is 23.4 Å². The van der Waals surface area contributed by atoms with Crippen LogP contribution in [0.3, 0.4) is 0 Å². The molecule has 0 saturated heterocycles. The molecule has 0 radical (unpaired) electrons. The van der Waals surface area contributed by atoms with Gasteiger partial charge in [-0.25, -0.2) is 0 Å². The van der Waals surface area contributed by atoms with Crippen molar-refractivity contribution in [2.24, 2.45) is 5.41 Å². The van der Waals surface area contributed by atoms with Crippen molar-refractivity contribution in [2.45, 2.75) is 32.7 Å². The lowest BCUT2D eigenvalue weighted by Gasteiger charge is -2.17. The zero-order valence-electron chi connectivity index (χ0n) is 13.4. The van der Waals surface area contributed by atoms with Gasteiger partial charge >= 0.3 is 0 Å². The van der Waals surface area contributed by atoms with Crippen LogP contribution >= 0.6 is 11.8 Å². The van der Waals surface area contributed by atoms with Gasteiger partial charge in [0.2, 0.25) is 5.91 Å². The van der Waals surface area contributed by atoms with Gasteiger partial charge in [0.1, 0.15) is 5.03 Å². The zero-order valence-corrected chi connectivity index (χ0v) is 14.2. The molecule has 0 bridgehead atoms. The van der Waals surface area contributed by atoms with Gasteiger partial charge in [-0.1, -0.05) is 39.8 Å². The standard InChI is InChI=1S/C17H21N3OS/c1-5-22-15-10-9-14(19-20-15)12-7-6-8-13(11-12)18-16(21)17(2,3)4/h6-11H,5H2,1-4H3,(H,18,21). The van der Waals surface area contributed by atoms with Crippen LogP contribution in [-0.2, 0) is 4.79 Å². The topological polar surface area (TPSA) is 54.9 Å². The number of anilines is 1. The minimum absolute atomic E-state index is 0.00886. The van der Waals surface area contributed by atoms with E-state index < -0.39 is 5.41 Å². The summed E-state index contributed by atoms with van der Waals surface area (Å²) in [7, 11) is 0. The lowest BCUT2D eigenvalue weighted by atomic mass is 9.95. The molecule has 5 heteroatoms. The zero-order chi connectivity index (χ0) is 16.2. The highest BCUT2D eigenvalue weighted by molar-refractivity contribution is 7.99.